The lowest BCUT2D eigenvalue weighted by atomic mass is 9.41. The summed E-state index contributed by atoms with van der Waals surface area (Å²) in [6.07, 6.45) is 58.1. The molecule has 90 heavy (non-hydrogen) atoms. The Bertz CT molecular complexity index is 2710. The van der Waals surface area contributed by atoms with Gasteiger partial charge in [0, 0.05) is 21.1 Å². The van der Waals surface area contributed by atoms with Crippen LogP contribution in [0.2, 0.25) is 0 Å². The van der Waals surface area contributed by atoms with Gasteiger partial charge in [0.1, 0.15) is 0 Å². The first-order chi connectivity index (χ1) is 42.8. The second-order valence-electron chi connectivity index (χ2n) is 40.2. The van der Waals surface area contributed by atoms with Crippen molar-refractivity contribution < 1.29 is 13.1 Å². The van der Waals surface area contributed by atoms with Crippen LogP contribution in [-0.4, -0.2) is 19.9 Å². The first kappa shape index (κ1) is 67.4. The zero-order valence-electron chi connectivity index (χ0n) is 62.7. The molecule has 6 heteroatoms. The maximum absolute atomic E-state index is 3.09. The minimum atomic E-state index is 0.393. The molecule has 12 aliphatic carbocycles. The Morgan fingerprint density at radius 3 is 1.17 bits per heavy atom. The summed E-state index contributed by atoms with van der Waals surface area (Å²) < 4.78 is 9.28. The van der Waals surface area contributed by atoms with Crippen molar-refractivity contribution in [2.75, 3.05) is 0 Å². The molecule has 0 radical (unpaired) electrons. The van der Waals surface area contributed by atoms with Crippen LogP contribution >= 0.6 is 0 Å². The number of aromatic nitrogens is 3. The largest absolute Gasteiger partial charge is 0.623 e. The molecule has 25 atom stereocenters. The second-order valence-corrected chi connectivity index (χ2v) is 40.2. The van der Waals surface area contributed by atoms with Gasteiger partial charge in [0.15, 0.2) is 0 Å². The minimum absolute atomic E-state index is 0.393. The third-order valence-corrected chi connectivity index (χ3v) is 34.9. The molecule has 1 aromatic rings. The molecule has 0 aliphatic heterocycles. The maximum atomic E-state index is 3.09. The smallest absolute Gasteiger partial charge is 0.417 e. The lowest BCUT2D eigenvalue weighted by molar-refractivity contribution is -0.750. The Labute approximate surface area is 558 Å². The van der Waals surface area contributed by atoms with E-state index in [-0.39, 0.29) is 0 Å². The third kappa shape index (κ3) is 11.2. The van der Waals surface area contributed by atoms with Crippen molar-refractivity contribution in [1.29, 1.82) is 0 Å². The molecule has 9 saturated carbocycles. The Hall–Kier alpha value is -1.19. The van der Waals surface area contributed by atoms with Gasteiger partial charge in [-0.15, -0.1) is 0 Å². The van der Waals surface area contributed by atoms with E-state index in [1.807, 2.05) is 11.1 Å². The van der Waals surface area contributed by atoms with Gasteiger partial charge in [-0.1, -0.05) is 229 Å². The highest BCUT2D eigenvalue weighted by Crippen LogP contribution is 2.71. The number of fused-ring (bicyclic) bond motifs is 15. The van der Waals surface area contributed by atoms with Gasteiger partial charge in [-0.05, 0) is 279 Å². The summed E-state index contributed by atoms with van der Waals surface area (Å²) in [5.74, 6) is 18.9. The van der Waals surface area contributed by atoms with Crippen molar-refractivity contribution in [1.82, 2.24) is 0 Å². The monoisotopic (exact) mass is 1230 g/mol. The molecule has 0 spiro atoms. The summed E-state index contributed by atoms with van der Waals surface area (Å²) in [6, 6.07) is 0. The molecule has 9 fully saturated rings. The van der Waals surface area contributed by atoms with E-state index in [2.05, 4.69) is 162 Å². The first-order valence-corrected chi connectivity index (χ1v) is 41.0. The van der Waals surface area contributed by atoms with Crippen LogP contribution in [0.1, 0.15) is 327 Å². The topological polar surface area (TPSA) is 11.6 Å². The molecule has 0 aromatic carbocycles. The summed E-state index contributed by atoms with van der Waals surface area (Å²) in [5, 5.41) is 0. The van der Waals surface area contributed by atoms with E-state index in [0.29, 0.717) is 64.0 Å². The highest BCUT2D eigenvalue weighted by Gasteiger charge is 2.63. The molecule has 0 saturated heterocycles. The standard InChI is InChI=1S/C84H144B3N3/c1-55(2)22-19-25-58(7)70-34-37-73-67-31-28-61-52-64(40-46-79(61,10)76(67)43-49-82(70,73)13)85-88(16)86(65-41-47-80(11)62(53-65)29-32-68-74-38-35-71(59(8)26-20-23-56(3)4)83(74,14)50-44-77(68)80)90(18)87(89(85)17)66-42-48-81(12)63(54-66)30-33-69-75-39-36-72(60(9)27-21-24-57(5)6)84(75,15)51-45-78(69)81/h28-31,55-61,64-78H,19-27,32-54H2,1-18H3. The summed E-state index contributed by atoms with van der Waals surface area (Å²) in [7, 11) is 8.04. The molecule has 1 heterocycles. The highest BCUT2D eigenvalue weighted by atomic mass is 15.1. The number of hydrogen-bond acceptors (Lipinski definition) is 0. The quantitative estimate of drug-likeness (QED) is 0.130. The minimum Gasteiger partial charge on any atom is -0.623 e. The van der Waals surface area contributed by atoms with Crippen molar-refractivity contribution >= 4 is 19.9 Å². The van der Waals surface area contributed by atoms with Crippen molar-refractivity contribution in [2.24, 2.45) is 166 Å². The zero-order valence-corrected chi connectivity index (χ0v) is 62.7. The van der Waals surface area contributed by atoms with Crippen LogP contribution in [-0.2, 0) is 21.1 Å². The molecular formula is C84H144B3N3. The van der Waals surface area contributed by atoms with Gasteiger partial charge in [-0.25, -0.2) is 0 Å². The van der Waals surface area contributed by atoms with Gasteiger partial charge in [0.25, 0.3) is 0 Å². The van der Waals surface area contributed by atoms with Crippen LogP contribution in [0.3, 0.4) is 0 Å². The fraction of sp³-hybridized carbons (Fsp3) is 0.929. The Morgan fingerprint density at radius 2 is 0.744 bits per heavy atom. The summed E-state index contributed by atoms with van der Waals surface area (Å²) in [4.78, 5) is 0. The van der Waals surface area contributed by atoms with Crippen molar-refractivity contribution in [3.8, 4) is 0 Å². The van der Waals surface area contributed by atoms with Gasteiger partial charge in [-0.2, -0.15) is 0 Å². The predicted octanol–water partition coefficient (Wildman–Crippen LogP) is 20.8. The van der Waals surface area contributed by atoms with E-state index in [0.717, 1.165) is 118 Å². The van der Waals surface area contributed by atoms with E-state index >= 15 is 0 Å². The van der Waals surface area contributed by atoms with E-state index < -0.39 is 0 Å². The fourth-order valence-electron chi connectivity index (χ4n) is 30.2. The summed E-state index contributed by atoms with van der Waals surface area (Å²) >= 11 is 0. The van der Waals surface area contributed by atoms with Gasteiger partial charge in [-0.3, -0.25) is 0 Å². The number of nitrogens with zero attached hydrogens (tertiary/aromatic N) is 3. The van der Waals surface area contributed by atoms with E-state index in [1.54, 1.807) is 0 Å². The SMILES string of the molecule is CC(C)CCCC(C)C1CCC2C3C=CC4CC([b-]5[n+](C)[b-](C6CCC7(C)C(=CCC8C7CCC7(C)C(C(C)CCCC(C)C)CCC87)C6)[n+](C)[b-](C6CCC7(C)C(=CCC8C7CCC7(C)C(C(C)CCCC(C)C)CCC87)C6)[n+]5C)CCC4(C)C3CCC12C. The number of allylic oxidation sites excluding steroid dienone is 6. The number of rotatable bonds is 18. The van der Waals surface area contributed by atoms with E-state index in [1.165, 1.54) is 205 Å². The number of hydrogen-bond donors (Lipinski definition) is 0. The van der Waals surface area contributed by atoms with Gasteiger partial charge in [0.2, 0.25) is 0 Å². The molecule has 0 N–H and O–H groups in total. The Balaban J connectivity index is 0.789. The molecule has 1 aromatic heterocycles. The van der Waals surface area contributed by atoms with Crippen LogP contribution in [0.15, 0.2) is 35.5 Å². The second kappa shape index (κ2) is 25.6. The van der Waals surface area contributed by atoms with Crippen molar-refractivity contribution in [3.63, 3.8) is 0 Å². The lowest BCUT2D eigenvalue weighted by Crippen LogP contribution is -2.83. The van der Waals surface area contributed by atoms with E-state index in [9.17, 15) is 0 Å². The van der Waals surface area contributed by atoms with Crippen LogP contribution < -0.4 is 13.1 Å². The average Bonchev–Trinajstić information content (AvgIpc) is 1.16. The fourth-order valence-corrected chi connectivity index (χ4v) is 30.2. The summed E-state index contributed by atoms with van der Waals surface area (Å²) in [5.41, 5.74) is 6.74. The molecule has 0 bridgehead atoms. The van der Waals surface area contributed by atoms with Crippen molar-refractivity contribution in [3.05, 3.63) is 35.5 Å². The molecule has 12 aliphatic rings. The van der Waals surface area contributed by atoms with Crippen LogP contribution in [0, 0.1) is 145 Å². The Kier molecular flexibility index (Phi) is 19.2. The average molecular weight is 1230 g/mol. The molecule has 0 amide bonds. The highest BCUT2D eigenvalue weighted by molar-refractivity contribution is 6.49. The third-order valence-electron chi connectivity index (χ3n) is 34.9. The van der Waals surface area contributed by atoms with Crippen LogP contribution in [0.5, 0.6) is 0 Å². The maximum Gasteiger partial charge on any atom is 0.417 e. The van der Waals surface area contributed by atoms with Crippen LogP contribution in [0.4, 0.5) is 0 Å². The van der Waals surface area contributed by atoms with Crippen molar-refractivity contribution in [2.45, 2.75) is 327 Å². The van der Waals surface area contributed by atoms with Crippen LogP contribution in [0.25, 0.3) is 0 Å². The van der Waals surface area contributed by atoms with Gasteiger partial charge >= 0.3 is 19.9 Å². The normalized spacial score (nSPS) is 45.3. The molecule has 3 nitrogen and oxygen atoms in total. The Morgan fingerprint density at radius 1 is 0.389 bits per heavy atom. The summed E-state index contributed by atoms with van der Waals surface area (Å²) in [6.45, 7) is 41.1. The molecule has 25 unspecified atom stereocenters. The lowest BCUT2D eigenvalue weighted by Gasteiger charge is -2.60. The first-order valence-electron chi connectivity index (χ1n) is 41.0. The molecule has 504 valence electrons. The molecule has 13 rings (SSSR count). The molecular weight excluding hydrogens is 1080 g/mol. The van der Waals surface area contributed by atoms with E-state index in [4.69, 9.17) is 0 Å². The predicted molar refractivity (Wildman–Crippen MR) is 384 cm³/mol. The van der Waals surface area contributed by atoms with Gasteiger partial charge < -0.3 is 13.1 Å². The van der Waals surface area contributed by atoms with Gasteiger partial charge in [0.05, 0.1) is 0 Å². The zero-order chi connectivity index (χ0) is 63.8.